The average Bonchev–Trinajstić information content (AvgIpc) is 2.52. The Morgan fingerprint density at radius 1 is 0.957 bits per heavy atom. The van der Waals surface area contributed by atoms with E-state index in [0.717, 1.165) is 11.1 Å². The number of rotatable bonds is 6. The van der Waals surface area contributed by atoms with E-state index in [1.54, 1.807) is 30.3 Å². The van der Waals surface area contributed by atoms with Gasteiger partial charge in [0.15, 0.2) is 6.61 Å². The molecule has 2 aromatic carbocycles. The maximum atomic E-state index is 11.7. The summed E-state index contributed by atoms with van der Waals surface area (Å²) in [6.07, 6.45) is 0. The normalized spacial score (nSPS) is 10.0. The first kappa shape index (κ1) is 16.5. The van der Waals surface area contributed by atoms with Crippen LogP contribution in [0.5, 0.6) is 11.5 Å². The van der Waals surface area contributed by atoms with E-state index >= 15 is 0 Å². The third kappa shape index (κ3) is 5.82. The molecule has 0 fully saturated rings. The molecule has 0 spiro atoms. The van der Waals surface area contributed by atoms with Gasteiger partial charge < -0.3 is 14.8 Å². The van der Waals surface area contributed by atoms with Crippen LogP contribution >= 0.6 is 0 Å². The molecule has 0 saturated heterocycles. The van der Waals surface area contributed by atoms with Gasteiger partial charge >= 0.3 is 5.97 Å². The second-order valence-corrected chi connectivity index (χ2v) is 5.17. The van der Waals surface area contributed by atoms with E-state index < -0.39 is 5.97 Å². The number of benzene rings is 2. The molecule has 0 saturated carbocycles. The quantitative estimate of drug-likeness (QED) is 0.657. The van der Waals surface area contributed by atoms with Gasteiger partial charge in [-0.15, -0.1) is 0 Å². The van der Waals surface area contributed by atoms with Gasteiger partial charge in [-0.2, -0.15) is 0 Å². The number of ether oxygens (including phenoxy) is 2. The number of hydrogen-bond donors (Lipinski definition) is 1. The molecule has 2 rings (SSSR count). The Hall–Kier alpha value is -2.82. The molecule has 0 bridgehead atoms. The molecule has 0 aliphatic carbocycles. The molecule has 2 aromatic rings. The highest BCUT2D eigenvalue weighted by Crippen LogP contribution is 2.12. The molecule has 0 heterocycles. The van der Waals surface area contributed by atoms with Gasteiger partial charge in [0, 0.05) is 0 Å². The molecule has 0 aliphatic rings. The van der Waals surface area contributed by atoms with Crippen molar-refractivity contribution in [3.8, 4) is 11.5 Å². The van der Waals surface area contributed by atoms with Crippen molar-refractivity contribution in [1.29, 1.82) is 0 Å². The lowest BCUT2D eigenvalue weighted by Crippen LogP contribution is -2.35. The summed E-state index contributed by atoms with van der Waals surface area (Å²) in [4.78, 5) is 23.3. The number of amides is 1. The van der Waals surface area contributed by atoms with Gasteiger partial charge in [0.25, 0.3) is 5.91 Å². The zero-order valence-corrected chi connectivity index (χ0v) is 13.2. The summed E-state index contributed by atoms with van der Waals surface area (Å²) >= 11 is 0. The Kier molecular flexibility index (Phi) is 5.74. The third-order valence-electron chi connectivity index (χ3n) is 3.04. The SMILES string of the molecule is Cc1ccc(OCC(=O)NCC(=O)Oc2cccc(C)c2)cc1. The third-order valence-corrected chi connectivity index (χ3v) is 3.04. The lowest BCUT2D eigenvalue weighted by molar-refractivity contribution is -0.135. The summed E-state index contributed by atoms with van der Waals surface area (Å²) in [5, 5.41) is 2.46. The molecule has 5 heteroatoms. The summed E-state index contributed by atoms with van der Waals surface area (Å²) in [5.74, 6) is 0.152. The molecular weight excluding hydrogens is 294 g/mol. The number of carbonyl (C=O) groups is 2. The zero-order valence-electron chi connectivity index (χ0n) is 13.2. The van der Waals surface area contributed by atoms with E-state index in [1.807, 2.05) is 32.0 Å². The van der Waals surface area contributed by atoms with E-state index in [9.17, 15) is 9.59 Å². The Labute approximate surface area is 135 Å². The number of hydrogen-bond acceptors (Lipinski definition) is 4. The number of aryl methyl sites for hydroxylation is 2. The smallest absolute Gasteiger partial charge is 0.330 e. The van der Waals surface area contributed by atoms with Gasteiger partial charge in [0.2, 0.25) is 0 Å². The fourth-order valence-electron chi connectivity index (χ4n) is 1.85. The first-order valence-corrected chi connectivity index (χ1v) is 7.26. The molecule has 5 nitrogen and oxygen atoms in total. The van der Waals surface area contributed by atoms with Crippen molar-refractivity contribution in [2.75, 3.05) is 13.2 Å². The standard InChI is InChI=1S/C18H19NO4/c1-13-6-8-15(9-7-13)22-12-17(20)19-11-18(21)23-16-5-3-4-14(2)10-16/h3-10H,11-12H2,1-2H3,(H,19,20). The molecule has 23 heavy (non-hydrogen) atoms. The van der Waals surface area contributed by atoms with Crippen molar-refractivity contribution in [3.05, 3.63) is 59.7 Å². The zero-order chi connectivity index (χ0) is 16.7. The monoisotopic (exact) mass is 313 g/mol. The lowest BCUT2D eigenvalue weighted by Gasteiger charge is -2.08. The highest BCUT2D eigenvalue weighted by Gasteiger charge is 2.08. The van der Waals surface area contributed by atoms with E-state index in [4.69, 9.17) is 9.47 Å². The van der Waals surface area contributed by atoms with Crippen molar-refractivity contribution >= 4 is 11.9 Å². The molecule has 0 atom stereocenters. The molecule has 0 aliphatic heterocycles. The average molecular weight is 313 g/mol. The van der Waals surface area contributed by atoms with E-state index in [0.29, 0.717) is 11.5 Å². The Balaban J connectivity index is 1.71. The van der Waals surface area contributed by atoms with Gasteiger partial charge in [-0.3, -0.25) is 4.79 Å². The maximum Gasteiger partial charge on any atom is 0.330 e. The molecule has 1 N–H and O–H groups in total. The number of carbonyl (C=O) groups excluding carboxylic acids is 2. The van der Waals surface area contributed by atoms with Gasteiger partial charge in [0.05, 0.1) is 0 Å². The summed E-state index contributed by atoms with van der Waals surface area (Å²) in [6, 6.07) is 14.5. The van der Waals surface area contributed by atoms with Crippen LogP contribution in [-0.2, 0) is 9.59 Å². The van der Waals surface area contributed by atoms with Gasteiger partial charge in [0.1, 0.15) is 18.0 Å². The van der Waals surface area contributed by atoms with Crippen LogP contribution in [0, 0.1) is 13.8 Å². The summed E-state index contributed by atoms with van der Waals surface area (Å²) in [5.41, 5.74) is 2.10. The fourth-order valence-corrected chi connectivity index (χ4v) is 1.85. The van der Waals surface area contributed by atoms with Crippen LogP contribution in [0.25, 0.3) is 0 Å². The Morgan fingerprint density at radius 2 is 1.70 bits per heavy atom. The minimum atomic E-state index is -0.528. The van der Waals surface area contributed by atoms with Crippen molar-refractivity contribution < 1.29 is 19.1 Å². The molecule has 0 radical (unpaired) electrons. The van der Waals surface area contributed by atoms with Crippen molar-refractivity contribution in [1.82, 2.24) is 5.32 Å². The minimum Gasteiger partial charge on any atom is -0.484 e. The number of nitrogens with one attached hydrogen (secondary N) is 1. The molecule has 1 amide bonds. The topological polar surface area (TPSA) is 64.6 Å². The first-order chi connectivity index (χ1) is 11.0. The second-order valence-electron chi connectivity index (χ2n) is 5.17. The molecule has 0 aromatic heterocycles. The van der Waals surface area contributed by atoms with Crippen LogP contribution in [0.3, 0.4) is 0 Å². The first-order valence-electron chi connectivity index (χ1n) is 7.26. The predicted octanol–water partition coefficient (Wildman–Crippen LogP) is 2.40. The summed E-state index contributed by atoms with van der Waals surface area (Å²) < 4.78 is 10.5. The van der Waals surface area contributed by atoms with Crippen LogP contribution in [0.2, 0.25) is 0 Å². The van der Waals surface area contributed by atoms with Gasteiger partial charge in [-0.1, -0.05) is 29.8 Å². The van der Waals surface area contributed by atoms with Crippen LogP contribution < -0.4 is 14.8 Å². The molecule has 120 valence electrons. The largest absolute Gasteiger partial charge is 0.484 e. The van der Waals surface area contributed by atoms with E-state index in [-0.39, 0.29) is 19.1 Å². The number of esters is 1. The van der Waals surface area contributed by atoms with Crippen molar-refractivity contribution in [3.63, 3.8) is 0 Å². The second kappa shape index (κ2) is 7.98. The molecular formula is C18H19NO4. The van der Waals surface area contributed by atoms with Crippen molar-refractivity contribution in [2.24, 2.45) is 0 Å². The van der Waals surface area contributed by atoms with Crippen LogP contribution in [-0.4, -0.2) is 25.0 Å². The molecule has 0 unspecified atom stereocenters. The minimum absolute atomic E-state index is 0.152. The van der Waals surface area contributed by atoms with E-state index in [2.05, 4.69) is 5.32 Å². The van der Waals surface area contributed by atoms with Crippen LogP contribution in [0.1, 0.15) is 11.1 Å². The highest BCUT2D eigenvalue weighted by atomic mass is 16.5. The van der Waals surface area contributed by atoms with Crippen molar-refractivity contribution in [2.45, 2.75) is 13.8 Å². The predicted molar refractivity (Wildman–Crippen MR) is 86.5 cm³/mol. The van der Waals surface area contributed by atoms with Gasteiger partial charge in [-0.05, 0) is 43.7 Å². The Morgan fingerprint density at radius 3 is 2.39 bits per heavy atom. The maximum absolute atomic E-state index is 11.7. The van der Waals surface area contributed by atoms with Gasteiger partial charge in [-0.25, -0.2) is 4.79 Å². The lowest BCUT2D eigenvalue weighted by atomic mass is 10.2. The summed E-state index contributed by atoms with van der Waals surface area (Å²) in [7, 11) is 0. The van der Waals surface area contributed by atoms with E-state index in [1.165, 1.54) is 0 Å². The highest BCUT2D eigenvalue weighted by molar-refractivity contribution is 5.83. The summed E-state index contributed by atoms with van der Waals surface area (Å²) in [6.45, 7) is 3.52. The van der Waals surface area contributed by atoms with Crippen LogP contribution in [0.4, 0.5) is 0 Å². The Bertz CT molecular complexity index is 680. The van der Waals surface area contributed by atoms with Crippen LogP contribution in [0.15, 0.2) is 48.5 Å². The fraction of sp³-hybridized carbons (Fsp3) is 0.222.